The van der Waals surface area contributed by atoms with Crippen LogP contribution in [0.3, 0.4) is 0 Å². The zero-order chi connectivity index (χ0) is 13.1. The predicted octanol–water partition coefficient (Wildman–Crippen LogP) is 2.20. The molecule has 3 aliphatic rings. The Morgan fingerprint density at radius 3 is 2.47 bits per heavy atom. The minimum Gasteiger partial charge on any atom is -0.325 e. The van der Waals surface area contributed by atoms with Gasteiger partial charge in [-0.1, -0.05) is 6.42 Å². The molecule has 3 fully saturated rings. The van der Waals surface area contributed by atoms with Crippen LogP contribution in [0.1, 0.15) is 51.4 Å². The highest BCUT2D eigenvalue weighted by Crippen LogP contribution is 2.29. The van der Waals surface area contributed by atoms with Gasteiger partial charge in [0.05, 0.1) is 0 Å². The second-order valence-electron chi connectivity index (χ2n) is 6.36. The molecule has 2 heterocycles. The van der Waals surface area contributed by atoms with Crippen molar-refractivity contribution in [2.75, 3.05) is 26.2 Å². The number of nitrogens with zero attached hydrogens (tertiary/aromatic N) is 2. The number of urea groups is 1. The van der Waals surface area contributed by atoms with Crippen LogP contribution in [0.5, 0.6) is 0 Å². The van der Waals surface area contributed by atoms with E-state index in [0.717, 1.165) is 26.2 Å². The second-order valence-corrected chi connectivity index (χ2v) is 6.36. The van der Waals surface area contributed by atoms with Crippen LogP contribution in [0.15, 0.2) is 0 Å². The predicted molar refractivity (Wildman–Crippen MR) is 76.2 cm³/mol. The molecule has 4 heteroatoms. The largest absolute Gasteiger partial charge is 0.325 e. The van der Waals surface area contributed by atoms with Crippen molar-refractivity contribution in [1.82, 2.24) is 15.1 Å². The quantitative estimate of drug-likeness (QED) is 0.849. The minimum atomic E-state index is 0.314. The number of likely N-dealkylation sites (tertiary alicyclic amines) is 1. The van der Waals surface area contributed by atoms with Crippen molar-refractivity contribution in [2.24, 2.45) is 0 Å². The maximum Gasteiger partial charge on any atom is 0.320 e. The molecule has 2 amide bonds. The van der Waals surface area contributed by atoms with E-state index in [4.69, 9.17) is 0 Å². The molecular formula is C15H27N3O. The normalized spacial score (nSPS) is 28.2. The molecule has 0 bridgehead atoms. The van der Waals surface area contributed by atoms with Crippen LogP contribution in [0.4, 0.5) is 4.79 Å². The maximum absolute atomic E-state index is 12.7. The van der Waals surface area contributed by atoms with Gasteiger partial charge in [-0.3, -0.25) is 0 Å². The van der Waals surface area contributed by atoms with Crippen molar-refractivity contribution in [3.05, 3.63) is 0 Å². The molecule has 0 aromatic rings. The zero-order valence-corrected chi connectivity index (χ0v) is 11.9. The van der Waals surface area contributed by atoms with Crippen molar-refractivity contribution in [2.45, 2.75) is 63.5 Å². The van der Waals surface area contributed by atoms with Gasteiger partial charge >= 0.3 is 6.03 Å². The summed E-state index contributed by atoms with van der Waals surface area (Å²) in [6.07, 6.45) is 9.93. The van der Waals surface area contributed by atoms with Crippen molar-refractivity contribution < 1.29 is 4.79 Å². The van der Waals surface area contributed by atoms with Crippen LogP contribution in [-0.2, 0) is 0 Å². The Morgan fingerprint density at radius 1 is 1.05 bits per heavy atom. The topological polar surface area (TPSA) is 35.6 Å². The van der Waals surface area contributed by atoms with E-state index >= 15 is 0 Å². The fraction of sp³-hybridized carbons (Fsp3) is 0.933. The number of amides is 2. The third kappa shape index (κ3) is 3.41. The van der Waals surface area contributed by atoms with E-state index in [2.05, 4.69) is 15.1 Å². The number of hydrogen-bond donors (Lipinski definition) is 1. The molecule has 2 aliphatic heterocycles. The molecule has 1 unspecified atom stereocenters. The summed E-state index contributed by atoms with van der Waals surface area (Å²) < 4.78 is 0. The lowest BCUT2D eigenvalue weighted by Crippen LogP contribution is -2.52. The van der Waals surface area contributed by atoms with E-state index in [0.29, 0.717) is 18.1 Å². The molecule has 1 atom stereocenters. The maximum atomic E-state index is 12.7. The third-order valence-corrected chi connectivity index (χ3v) is 4.69. The molecule has 0 spiro atoms. The molecule has 1 aliphatic carbocycles. The fourth-order valence-electron chi connectivity index (χ4n) is 3.35. The Labute approximate surface area is 116 Å². The number of carbonyl (C=O) groups excluding carboxylic acids is 1. The van der Waals surface area contributed by atoms with Gasteiger partial charge in [0.15, 0.2) is 0 Å². The van der Waals surface area contributed by atoms with E-state index in [1.165, 1.54) is 51.4 Å². The first-order valence-electron chi connectivity index (χ1n) is 8.13. The standard InChI is InChI=1S/C15H27N3O/c19-15(17-10-4-1-5-11-17)18(14-7-8-14)12-13-6-2-3-9-16-13/h13-14,16H,1-12H2. The molecule has 19 heavy (non-hydrogen) atoms. The average molecular weight is 265 g/mol. The van der Waals surface area contributed by atoms with Crippen LogP contribution >= 0.6 is 0 Å². The van der Waals surface area contributed by atoms with Crippen LogP contribution in [0, 0.1) is 0 Å². The first kappa shape index (κ1) is 13.2. The Bertz CT molecular complexity index is 305. The van der Waals surface area contributed by atoms with Crippen LogP contribution in [-0.4, -0.2) is 54.1 Å². The smallest absolute Gasteiger partial charge is 0.320 e. The van der Waals surface area contributed by atoms with Gasteiger partial charge < -0.3 is 15.1 Å². The van der Waals surface area contributed by atoms with Crippen LogP contribution < -0.4 is 5.32 Å². The monoisotopic (exact) mass is 265 g/mol. The summed E-state index contributed by atoms with van der Waals surface area (Å²) in [5.74, 6) is 0. The van der Waals surface area contributed by atoms with Gasteiger partial charge in [-0.05, 0) is 51.5 Å². The van der Waals surface area contributed by atoms with E-state index < -0.39 is 0 Å². The highest BCUT2D eigenvalue weighted by atomic mass is 16.2. The van der Waals surface area contributed by atoms with Gasteiger partial charge in [-0.25, -0.2) is 4.79 Å². The van der Waals surface area contributed by atoms with Crippen molar-refractivity contribution >= 4 is 6.03 Å². The molecule has 2 saturated heterocycles. The van der Waals surface area contributed by atoms with E-state index in [1.807, 2.05) is 0 Å². The van der Waals surface area contributed by atoms with Gasteiger partial charge in [0, 0.05) is 31.7 Å². The van der Waals surface area contributed by atoms with E-state index in [9.17, 15) is 4.79 Å². The average Bonchev–Trinajstić information content (AvgIpc) is 3.31. The fourth-order valence-corrected chi connectivity index (χ4v) is 3.35. The molecule has 108 valence electrons. The van der Waals surface area contributed by atoms with E-state index in [1.54, 1.807) is 0 Å². The number of rotatable bonds is 3. The lowest BCUT2D eigenvalue weighted by molar-refractivity contribution is 0.133. The van der Waals surface area contributed by atoms with Gasteiger partial charge in [-0.2, -0.15) is 0 Å². The highest BCUT2D eigenvalue weighted by Gasteiger charge is 2.36. The molecule has 3 rings (SSSR count). The van der Waals surface area contributed by atoms with Crippen molar-refractivity contribution in [1.29, 1.82) is 0 Å². The number of nitrogens with one attached hydrogen (secondary N) is 1. The summed E-state index contributed by atoms with van der Waals surface area (Å²) in [5.41, 5.74) is 0. The molecular weight excluding hydrogens is 238 g/mol. The van der Waals surface area contributed by atoms with Crippen LogP contribution in [0.25, 0.3) is 0 Å². The van der Waals surface area contributed by atoms with Crippen LogP contribution in [0.2, 0.25) is 0 Å². The summed E-state index contributed by atoms with van der Waals surface area (Å²) >= 11 is 0. The summed E-state index contributed by atoms with van der Waals surface area (Å²) in [6.45, 7) is 4.00. The van der Waals surface area contributed by atoms with Gasteiger partial charge in [-0.15, -0.1) is 0 Å². The first-order chi connectivity index (χ1) is 9.34. The molecule has 1 N–H and O–H groups in total. The van der Waals surface area contributed by atoms with Crippen molar-refractivity contribution in [3.63, 3.8) is 0 Å². The second kappa shape index (κ2) is 6.12. The Kier molecular flexibility index (Phi) is 4.26. The number of carbonyl (C=O) groups is 1. The van der Waals surface area contributed by atoms with Gasteiger partial charge in [0.2, 0.25) is 0 Å². The van der Waals surface area contributed by atoms with E-state index in [-0.39, 0.29) is 0 Å². The minimum absolute atomic E-state index is 0.314. The number of hydrogen-bond acceptors (Lipinski definition) is 2. The molecule has 0 aromatic carbocycles. The summed E-state index contributed by atoms with van der Waals surface area (Å²) in [7, 11) is 0. The molecule has 0 radical (unpaired) electrons. The van der Waals surface area contributed by atoms with Gasteiger partial charge in [0.25, 0.3) is 0 Å². The lowest BCUT2D eigenvalue weighted by atomic mass is 10.0. The Hall–Kier alpha value is -0.770. The Morgan fingerprint density at radius 2 is 1.84 bits per heavy atom. The summed E-state index contributed by atoms with van der Waals surface area (Å²) in [5, 5.41) is 3.58. The highest BCUT2D eigenvalue weighted by molar-refractivity contribution is 5.75. The third-order valence-electron chi connectivity index (χ3n) is 4.69. The first-order valence-corrected chi connectivity index (χ1v) is 8.13. The summed E-state index contributed by atoms with van der Waals surface area (Å²) in [4.78, 5) is 16.9. The lowest BCUT2D eigenvalue weighted by Gasteiger charge is -2.36. The molecule has 0 aromatic heterocycles. The number of piperidine rings is 2. The Balaban J connectivity index is 1.57. The van der Waals surface area contributed by atoms with Gasteiger partial charge in [0.1, 0.15) is 0 Å². The molecule has 4 nitrogen and oxygen atoms in total. The molecule has 1 saturated carbocycles. The summed E-state index contributed by atoms with van der Waals surface area (Å²) in [6, 6.07) is 1.39. The van der Waals surface area contributed by atoms with Crippen molar-refractivity contribution in [3.8, 4) is 0 Å². The zero-order valence-electron chi connectivity index (χ0n) is 11.9. The SMILES string of the molecule is O=C(N1CCCCC1)N(CC1CCCCN1)C1CC1.